The molecule has 35 heavy (non-hydrogen) atoms. The monoisotopic (exact) mass is 490 g/mol. The minimum atomic E-state index is -0.309. The molecule has 1 heterocycles. The Hall–Kier alpha value is -0.160. The summed E-state index contributed by atoms with van der Waals surface area (Å²) < 4.78 is 12.7. The summed E-state index contributed by atoms with van der Waals surface area (Å²) in [5.74, 6) is 1.43. The van der Waals surface area contributed by atoms with Gasteiger partial charge in [0, 0.05) is 13.0 Å². The molecule has 0 amide bonds. The SMILES string of the molecule is COC(C)(C)C1CC[C@](C)(C2C(O)C[C@@]3(C)C4CCC5CC4(CCC[C@H](O)C5(C)C)CCC23C)O1. The standard InChI is InChI=1S/C31H54O4/c1-26(2)20-11-12-22-29(6)19-21(32)25(30(7)15-13-24(35-30)27(3,4)34-8)28(29,5)16-17-31(22,18-20)14-9-10-23(26)33/h20-25,32-33H,9-19H2,1-8H3/t20?,21?,22?,23-,24?,25?,28?,29-,30+,31?/m0/s1. The van der Waals surface area contributed by atoms with Crippen molar-refractivity contribution in [3.05, 3.63) is 0 Å². The van der Waals surface area contributed by atoms with Gasteiger partial charge in [0.05, 0.1) is 29.5 Å². The van der Waals surface area contributed by atoms with Crippen LogP contribution in [-0.2, 0) is 9.47 Å². The Morgan fingerprint density at radius 3 is 2.23 bits per heavy atom. The van der Waals surface area contributed by atoms with Crippen molar-refractivity contribution in [3.8, 4) is 0 Å². The predicted molar refractivity (Wildman–Crippen MR) is 140 cm³/mol. The predicted octanol–water partition coefficient (Wildman–Crippen LogP) is 6.51. The normalized spacial score (nSPS) is 54.0. The van der Waals surface area contributed by atoms with Gasteiger partial charge in [0.2, 0.25) is 0 Å². The maximum absolute atomic E-state index is 11.8. The van der Waals surface area contributed by atoms with Gasteiger partial charge < -0.3 is 19.7 Å². The molecule has 0 aromatic rings. The first kappa shape index (κ1) is 26.4. The number of hydrogen-bond acceptors (Lipinski definition) is 4. The van der Waals surface area contributed by atoms with Crippen LogP contribution in [0, 0.1) is 39.4 Å². The van der Waals surface area contributed by atoms with Gasteiger partial charge in [-0.25, -0.2) is 0 Å². The van der Waals surface area contributed by atoms with Gasteiger partial charge in [0.25, 0.3) is 0 Å². The third kappa shape index (κ3) is 3.58. The van der Waals surface area contributed by atoms with E-state index in [1.807, 2.05) is 0 Å². The zero-order valence-electron chi connectivity index (χ0n) is 24.0. The van der Waals surface area contributed by atoms with E-state index in [1.54, 1.807) is 7.11 Å². The number of fused-ring (bicyclic) bond motifs is 3. The molecule has 5 rings (SSSR count). The molecule has 1 saturated heterocycles. The van der Waals surface area contributed by atoms with Crippen LogP contribution in [0.25, 0.3) is 0 Å². The minimum Gasteiger partial charge on any atom is -0.393 e. The summed E-state index contributed by atoms with van der Waals surface area (Å²) >= 11 is 0. The summed E-state index contributed by atoms with van der Waals surface area (Å²) in [6, 6.07) is 0. The van der Waals surface area contributed by atoms with Crippen LogP contribution in [0.15, 0.2) is 0 Å². The smallest absolute Gasteiger partial charge is 0.0883 e. The van der Waals surface area contributed by atoms with Crippen LogP contribution >= 0.6 is 0 Å². The summed E-state index contributed by atoms with van der Waals surface area (Å²) in [5, 5.41) is 22.8. The third-order valence-corrected chi connectivity index (χ3v) is 13.5. The summed E-state index contributed by atoms with van der Waals surface area (Å²) in [5.41, 5.74) is -0.0257. The van der Waals surface area contributed by atoms with Crippen LogP contribution in [0.5, 0.6) is 0 Å². The molecular formula is C31H54O4. The Morgan fingerprint density at radius 1 is 0.829 bits per heavy atom. The fraction of sp³-hybridized carbons (Fsp3) is 1.00. The zero-order chi connectivity index (χ0) is 25.7. The van der Waals surface area contributed by atoms with Gasteiger partial charge in [-0.05, 0) is 118 Å². The largest absolute Gasteiger partial charge is 0.393 e. The zero-order valence-corrected chi connectivity index (χ0v) is 24.0. The highest BCUT2D eigenvalue weighted by Crippen LogP contribution is 2.76. The third-order valence-electron chi connectivity index (χ3n) is 13.5. The second kappa shape index (κ2) is 8.17. The van der Waals surface area contributed by atoms with E-state index in [0.717, 1.165) is 32.1 Å². The molecule has 4 saturated carbocycles. The Balaban J connectivity index is 1.47. The molecule has 7 unspecified atom stereocenters. The molecule has 4 aliphatic carbocycles. The van der Waals surface area contributed by atoms with Crippen LogP contribution in [0.1, 0.15) is 119 Å². The molecule has 4 heteroatoms. The first-order valence-corrected chi connectivity index (χ1v) is 14.7. The number of ether oxygens (including phenoxy) is 2. The summed E-state index contributed by atoms with van der Waals surface area (Å²) in [7, 11) is 1.79. The van der Waals surface area contributed by atoms with Crippen molar-refractivity contribution in [1.82, 2.24) is 0 Å². The van der Waals surface area contributed by atoms with Crippen LogP contribution in [-0.4, -0.2) is 46.8 Å². The lowest BCUT2D eigenvalue weighted by Crippen LogP contribution is -2.60. The van der Waals surface area contributed by atoms with Crippen molar-refractivity contribution < 1.29 is 19.7 Å². The quantitative estimate of drug-likeness (QED) is 0.473. The Bertz CT molecular complexity index is 823. The van der Waals surface area contributed by atoms with E-state index in [1.165, 1.54) is 38.5 Å². The number of aliphatic hydroxyl groups is 2. The first-order chi connectivity index (χ1) is 16.2. The van der Waals surface area contributed by atoms with Gasteiger partial charge in [0.15, 0.2) is 0 Å². The molecule has 4 nitrogen and oxygen atoms in total. The first-order valence-electron chi connectivity index (χ1n) is 14.7. The fourth-order valence-electron chi connectivity index (χ4n) is 10.9. The fourth-order valence-corrected chi connectivity index (χ4v) is 10.9. The number of hydrogen-bond donors (Lipinski definition) is 2. The number of aliphatic hydroxyl groups excluding tert-OH is 2. The Labute approximate surface area is 214 Å². The van der Waals surface area contributed by atoms with E-state index in [9.17, 15) is 10.2 Å². The van der Waals surface area contributed by atoms with Crippen LogP contribution in [0.2, 0.25) is 0 Å². The van der Waals surface area contributed by atoms with E-state index < -0.39 is 0 Å². The molecule has 0 aromatic heterocycles. The topological polar surface area (TPSA) is 58.9 Å². The van der Waals surface area contributed by atoms with E-state index in [-0.39, 0.29) is 51.7 Å². The molecule has 0 aromatic carbocycles. The van der Waals surface area contributed by atoms with Crippen LogP contribution < -0.4 is 0 Å². The van der Waals surface area contributed by atoms with E-state index >= 15 is 0 Å². The lowest BCUT2D eigenvalue weighted by Gasteiger charge is -2.66. The van der Waals surface area contributed by atoms with Crippen LogP contribution in [0.3, 0.4) is 0 Å². The van der Waals surface area contributed by atoms with Gasteiger partial charge in [-0.3, -0.25) is 0 Å². The van der Waals surface area contributed by atoms with Crippen molar-refractivity contribution >= 4 is 0 Å². The van der Waals surface area contributed by atoms with Crippen molar-refractivity contribution in [1.29, 1.82) is 0 Å². The second-order valence-corrected chi connectivity index (χ2v) is 15.5. The Kier molecular flexibility index (Phi) is 6.17. The Morgan fingerprint density at radius 2 is 1.54 bits per heavy atom. The minimum absolute atomic E-state index is 0.00605. The maximum atomic E-state index is 11.8. The van der Waals surface area contributed by atoms with Crippen molar-refractivity contribution in [2.75, 3.05) is 7.11 Å². The molecule has 0 radical (unpaired) electrons. The lowest BCUT2D eigenvalue weighted by molar-refractivity contribution is -0.206. The molecule has 5 fully saturated rings. The molecule has 5 aliphatic rings. The van der Waals surface area contributed by atoms with Crippen molar-refractivity contribution in [2.24, 2.45) is 39.4 Å². The van der Waals surface area contributed by atoms with Gasteiger partial charge in [-0.15, -0.1) is 0 Å². The highest BCUT2D eigenvalue weighted by atomic mass is 16.6. The van der Waals surface area contributed by atoms with Gasteiger partial charge in [-0.1, -0.05) is 34.1 Å². The molecule has 2 N–H and O–H groups in total. The second-order valence-electron chi connectivity index (χ2n) is 15.5. The highest BCUT2D eigenvalue weighted by molar-refractivity contribution is 5.21. The molecule has 2 bridgehead atoms. The number of methoxy groups -OCH3 is 1. The molecule has 202 valence electrons. The van der Waals surface area contributed by atoms with Gasteiger partial charge in [-0.2, -0.15) is 0 Å². The highest BCUT2D eigenvalue weighted by Gasteiger charge is 2.72. The molecule has 1 spiro atoms. The van der Waals surface area contributed by atoms with Gasteiger partial charge >= 0.3 is 0 Å². The summed E-state index contributed by atoms with van der Waals surface area (Å²) in [6.45, 7) is 16.3. The van der Waals surface area contributed by atoms with E-state index in [2.05, 4.69) is 48.5 Å². The van der Waals surface area contributed by atoms with E-state index in [0.29, 0.717) is 17.3 Å². The molecular weight excluding hydrogens is 436 g/mol. The molecule has 1 aliphatic heterocycles. The summed E-state index contributed by atoms with van der Waals surface area (Å²) in [4.78, 5) is 0. The summed E-state index contributed by atoms with van der Waals surface area (Å²) in [6.07, 6.45) is 12.1. The average molecular weight is 491 g/mol. The van der Waals surface area contributed by atoms with Crippen molar-refractivity contribution in [2.45, 2.75) is 149 Å². The van der Waals surface area contributed by atoms with Crippen molar-refractivity contribution in [3.63, 3.8) is 0 Å². The van der Waals surface area contributed by atoms with Gasteiger partial charge in [0.1, 0.15) is 0 Å². The number of rotatable bonds is 3. The molecule has 10 atom stereocenters. The maximum Gasteiger partial charge on any atom is 0.0883 e. The van der Waals surface area contributed by atoms with Crippen LogP contribution in [0.4, 0.5) is 0 Å². The lowest BCUT2D eigenvalue weighted by atomic mass is 9.39. The van der Waals surface area contributed by atoms with E-state index in [4.69, 9.17) is 9.47 Å². The average Bonchev–Trinajstić information content (AvgIpc) is 3.28.